The minimum Gasteiger partial charge on any atom is -0.374 e. The van der Waals surface area contributed by atoms with Gasteiger partial charge in [0.1, 0.15) is 0 Å². The number of unbranched alkanes of at least 4 members (excludes halogenated alkanes) is 1. The van der Waals surface area contributed by atoms with E-state index in [0.717, 1.165) is 19.4 Å². The van der Waals surface area contributed by atoms with Gasteiger partial charge in [-0.2, -0.15) is 0 Å². The summed E-state index contributed by atoms with van der Waals surface area (Å²) in [6, 6.07) is 17.5. The lowest BCUT2D eigenvalue weighted by Crippen LogP contribution is -2.20. The Morgan fingerprint density at radius 3 is 2.36 bits per heavy atom. The van der Waals surface area contributed by atoms with Gasteiger partial charge in [0.05, 0.1) is 0 Å². The SMILES string of the molecule is CCCCN(C)c1cccc(C)c1CCCc1ccccc1. The molecule has 2 aromatic carbocycles. The molecule has 0 N–H and O–H groups in total. The summed E-state index contributed by atoms with van der Waals surface area (Å²) in [5.41, 5.74) is 5.81. The van der Waals surface area contributed by atoms with Crippen molar-refractivity contribution in [1.29, 1.82) is 0 Å². The Labute approximate surface area is 136 Å². The lowest BCUT2D eigenvalue weighted by atomic mass is 9.98. The highest BCUT2D eigenvalue weighted by atomic mass is 15.1. The van der Waals surface area contributed by atoms with Crippen molar-refractivity contribution in [2.45, 2.75) is 46.0 Å². The Hall–Kier alpha value is -1.76. The standard InChI is InChI=1S/C21H29N/c1-4-5-17-22(3)21-16-9-11-18(2)20(21)15-10-14-19-12-7-6-8-13-19/h6-9,11-13,16H,4-5,10,14-15,17H2,1-3H3. The smallest absolute Gasteiger partial charge is 0.0398 e. The Balaban J connectivity index is 2.02. The molecule has 0 aromatic heterocycles. The number of rotatable bonds is 8. The summed E-state index contributed by atoms with van der Waals surface area (Å²) in [5.74, 6) is 0. The molecule has 0 saturated carbocycles. The van der Waals surface area contributed by atoms with Crippen molar-refractivity contribution < 1.29 is 0 Å². The van der Waals surface area contributed by atoms with E-state index in [1.807, 2.05) is 0 Å². The van der Waals surface area contributed by atoms with E-state index in [9.17, 15) is 0 Å². The van der Waals surface area contributed by atoms with Crippen molar-refractivity contribution >= 4 is 5.69 Å². The average Bonchev–Trinajstić information content (AvgIpc) is 2.55. The highest BCUT2D eigenvalue weighted by Gasteiger charge is 2.09. The van der Waals surface area contributed by atoms with Gasteiger partial charge in [0.25, 0.3) is 0 Å². The van der Waals surface area contributed by atoms with E-state index in [4.69, 9.17) is 0 Å². The van der Waals surface area contributed by atoms with Crippen molar-refractivity contribution in [3.63, 3.8) is 0 Å². The van der Waals surface area contributed by atoms with Crippen LogP contribution in [0.1, 0.15) is 42.9 Å². The average molecular weight is 295 g/mol. The van der Waals surface area contributed by atoms with Gasteiger partial charge in [-0.05, 0) is 55.4 Å². The van der Waals surface area contributed by atoms with Crippen LogP contribution >= 0.6 is 0 Å². The summed E-state index contributed by atoms with van der Waals surface area (Å²) in [4.78, 5) is 2.42. The summed E-state index contributed by atoms with van der Waals surface area (Å²) in [7, 11) is 2.23. The number of benzene rings is 2. The largest absolute Gasteiger partial charge is 0.374 e. The number of aryl methyl sites for hydroxylation is 2. The van der Waals surface area contributed by atoms with Crippen molar-refractivity contribution in [3.05, 3.63) is 65.2 Å². The third-order valence-corrected chi connectivity index (χ3v) is 4.38. The first-order chi connectivity index (χ1) is 10.7. The first-order valence-corrected chi connectivity index (χ1v) is 8.56. The summed E-state index contributed by atoms with van der Waals surface area (Å²) < 4.78 is 0. The molecule has 0 heterocycles. The molecule has 0 saturated heterocycles. The van der Waals surface area contributed by atoms with Crippen LogP contribution in [0.25, 0.3) is 0 Å². The molecule has 0 radical (unpaired) electrons. The van der Waals surface area contributed by atoms with Crippen LogP contribution in [0.5, 0.6) is 0 Å². The monoisotopic (exact) mass is 295 g/mol. The molecule has 0 aliphatic carbocycles. The summed E-state index contributed by atoms with van der Waals surface area (Å²) in [5, 5.41) is 0. The van der Waals surface area contributed by atoms with E-state index in [1.54, 1.807) is 0 Å². The Bertz CT molecular complexity index is 559. The normalized spacial score (nSPS) is 10.7. The van der Waals surface area contributed by atoms with Crippen LogP contribution in [0.4, 0.5) is 5.69 Å². The van der Waals surface area contributed by atoms with E-state index in [1.165, 1.54) is 41.6 Å². The van der Waals surface area contributed by atoms with Crippen molar-refractivity contribution in [1.82, 2.24) is 0 Å². The van der Waals surface area contributed by atoms with Crippen LogP contribution < -0.4 is 4.90 Å². The maximum atomic E-state index is 2.42. The predicted molar refractivity (Wildman–Crippen MR) is 97.8 cm³/mol. The van der Waals surface area contributed by atoms with Gasteiger partial charge in [0.15, 0.2) is 0 Å². The summed E-state index contributed by atoms with van der Waals surface area (Å²) in [6.07, 6.45) is 6.04. The summed E-state index contributed by atoms with van der Waals surface area (Å²) >= 11 is 0. The van der Waals surface area contributed by atoms with Crippen LogP contribution in [-0.4, -0.2) is 13.6 Å². The highest BCUT2D eigenvalue weighted by molar-refractivity contribution is 5.56. The zero-order valence-corrected chi connectivity index (χ0v) is 14.3. The van der Waals surface area contributed by atoms with E-state index in [2.05, 4.69) is 74.3 Å². The quantitative estimate of drug-likeness (QED) is 0.629. The van der Waals surface area contributed by atoms with E-state index in [0.29, 0.717) is 0 Å². The Kier molecular flexibility index (Phi) is 6.51. The molecule has 0 aliphatic rings. The molecule has 1 heteroatoms. The van der Waals surface area contributed by atoms with Gasteiger partial charge in [-0.3, -0.25) is 0 Å². The molecule has 118 valence electrons. The zero-order valence-electron chi connectivity index (χ0n) is 14.3. The fraction of sp³-hybridized carbons (Fsp3) is 0.429. The molecular formula is C21H29N. The topological polar surface area (TPSA) is 3.24 Å². The van der Waals surface area contributed by atoms with Crippen molar-refractivity contribution in [2.24, 2.45) is 0 Å². The van der Waals surface area contributed by atoms with Crippen LogP contribution in [-0.2, 0) is 12.8 Å². The van der Waals surface area contributed by atoms with Gasteiger partial charge in [0, 0.05) is 19.3 Å². The number of anilines is 1. The molecule has 0 fully saturated rings. The molecule has 0 bridgehead atoms. The minimum atomic E-state index is 1.14. The van der Waals surface area contributed by atoms with E-state index >= 15 is 0 Å². The molecule has 2 rings (SSSR count). The molecule has 0 atom stereocenters. The lowest BCUT2D eigenvalue weighted by Gasteiger charge is -2.23. The molecule has 0 aliphatic heterocycles. The molecule has 1 nitrogen and oxygen atoms in total. The Morgan fingerprint density at radius 2 is 1.64 bits per heavy atom. The second kappa shape index (κ2) is 8.63. The molecule has 0 amide bonds. The van der Waals surface area contributed by atoms with Gasteiger partial charge in [0.2, 0.25) is 0 Å². The molecule has 2 aromatic rings. The van der Waals surface area contributed by atoms with Gasteiger partial charge in [-0.25, -0.2) is 0 Å². The Morgan fingerprint density at radius 1 is 0.864 bits per heavy atom. The second-order valence-electron chi connectivity index (χ2n) is 6.19. The zero-order chi connectivity index (χ0) is 15.8. The van der Waals surface area contributed by atoms with Crippen LogP contribution in [0.2, 0.25) is 0 Å². The number of hydrogen-bond donors (Lipinski definition) is 0. The predicted octanol–water partition coefficient (Wildman–Crippen LogP) is 5.41. The molecule has 0 unspecified atom stereocenters. The first-order valence-electron chi connectivity index (χ1n) is 8.56. The first kappa shape index (κ1) is 16.6. The van der Waals surface area contributed by atoms with Gasteiger partial charge in [-0.15, -0.1) is 0 Å². The third kappa shape index (κ3) is 4.62. The van der Waals surface area contributed by atoms with Gasteiger partial charge >= 0.3 is 0 Å². The fourth-order valence-corrected chi connectivity index (χ4v) is 3.00. The van der Waals surface area contributed by atoms with Crippen LogP contribution in [0, 0.1) is 6.92 Å². The molecule has 0 spiro atoms. The van der Waals surface area contributed by atoms with Crippen molar-refractivity contribution in [3.8, 4) is 0 Å². The fourth-order valence-electron chi connectivity index (χ4n) is 3.00. The number of hydrogen-bond acceptors (Lipinski definition) is 1. The lowest BCUT2D eigenvalue weighted by molar-refractivity contribution is 0.756. The summed E-state index contributed by atoms with van der Waals surface area (Å²) in [6.45, 7) is 5.64. The number of nitrogens with zero attached hydrogens (tertiary/aromatic N) is 1. The third-order valence-electron chi connectivity index (χ3n) is 4.38. The van der Waals surface area contributed by atoms with Gasteiger partial charge < -0.3 is 4.90 Å². The van der Waals surface area contributed by atoms with E-state index in [-0.39, 0.29) is 0 Å². The van der Waals surface area contributed by atoms with Crippen LogP contribution in [0.15, 0.2) is 48.5 Å². The van der Waals surface area contributed by atoms with Crippen molar-refractivity contribution in [2.75, 3.05) is 18.5 Å². The maximum absolute atomic E-state index is 2.42. The molecule has 22 heavy (non-hydrogen) atoms. The second-order valence-corrected chi connectivity index (χ2v) is 6.19. The van der Waals surface area contributed by atoms with Gasteiger partial charge in [-0.1, -0.05) is 55.8 Å². The minimum absolute atomic E-state index is 1.14. The van der Waals surface area contributed by atoms with E-state index < -0.39 is 0 Å². The highest BCUT2D eigenvalue weighted by Crippen LogP contribution is 2.25. The van der Waals surface area contributed by atoms with Crippen LogP contribution in [0.3, 0.4) is 0 Å². The maximum Gasteiger partial charge on any atom is 0.0398 e. The molecular weight excluding hydrogens is 266 g/mol.